The summed E-state index contributed by atoms with van der Waals surface area (Å²) in [7, 11) is 0. The lowest BCUT2D eigenvalue weighted by Gasteiger charge is -2.23. The number of nitrogens with zero attached hydrogens (tertiary/aromatic N) is 4. The van der Waals surface area contributed by atoms with E-state index in [1.807, 2.05) is 6.07 Å². The van der Waals surface area contributed by atoms with Gasteiger partial charge in [-0.3, -0.25) is 4.39 Å². The molecule has 0 bridgehead atoms. The molecule has 5 rings (SSSR count). The van der Waals surface area contributed by atoms with Crippen LogP contribution in [0.4, 0.5) is 13.2 Å². The van der Waals surface area contributed by atoms with Gasteiger partial charge in [-0.25, -0.2) is 23.5 Å². The molecule has 2 heterocycles. The molecule has 0 radical (unpaired) electrons. The van der Waals surface area contributed by atoms with Gasteiger partial charge in [-0.15, -0.1) is 0 Å². The maximum atomic E-state index is 15.4. The lowest BCUT2D eigenvalue weighted by atomic mass is 9.95. The zero-order valence-electron chi connectivity index (χ0n) is 23.4. The quantitative estimate of drug-likeness (QED) is 0.188. The first-order valence-corrected chi connectivity index (χ1v) is 13.4. The van der Waals surface area contributed by atoms with E-state index in [-0.39, 0.29) is 47.7 Å². The molecule has 0 aliphatic carbocycles. The first kappa shape index (κ1) is 29.3. The Labute approximate surface area is 245 Å². The largest absolute Gasteiger partial charge is 0.478 e. The summed E-state index contributed by atoms with van der Waals surface area (Å²) in [5.74, 6) is -1.45. The Hall–Kier alpha value is -5.17. The third kappa shape index (κ3) is 6.51. The summed E-state index contributed by atoms with van der Waals surface area (Å²) in [5, 5.41) is 18.4. The summed E-state index contributed by atoms with van der Waals surface area (Å²) in [6.07, 6.45) is 0.226. The van der Waals surface area contributed by atoms with Crippen LogP contribution in [0.25, 0.3) is 22.3 Å². The van der Waals surface area contributed by atoms with E-state index >= 15 is 4.39 Å². The van der Waals surface area contributed by atoms with Gasteiger partial charge in [0.1, 0.15) is 24.1 Å². The molecule has 5 aromatic rings. The average molecular weight is 585 g/mol. The summed E-state index contributed by atoms with van der Waals surface area (Å²) >= 11 is 0. The van der Waals surface area contributed by atoms with Gasteiger partial charge in [-0.05, 0) is 54.1 Å². The summed E-state index contributed by atoms with van der Waals surface area (Å²) in [6.45, 7) is 3.07. The van der Waals surface area contributed by atoms with Crippen molar-refractivity contribution in [1.82, 2.24) is 14.5 Å². The molecule has 10 heteroatoms. The summed E-state index contributed by atoms with van der Waals surface area (Å²) in [5.41, 5.74) is 2.10. The normalized spacial score (nSPS) is 11.4. The van der Waals surface area contributed by atoms with Crippen LogP contribution in [0.15, 0.2) is 72.8 Å². The van der Waals surface area contributed by atoms with E-state index in [1.165, 1.54) is 30.3 Å². The number of ether oxygens (including phenoxy) is 1. The third-order valence-electron chi connectivity index (χ3n) is 6.98. The molecule has 0 aliphatic heterocycles. The van der Waals surface area contributed by atoms with Gasteiger partial charge in [-0.1, -0.05) is 32.0 Å². The molecule has 0 fully saturated rings. The van der Waals surface area contributed by atoms with E-state index in [1.54, 1.807) is 54.8 Å². The van der Waals surface area contributed by atoms with Crippen molar-refractivity contribution in [3.63, 3.8) is 0 Å². The molecular weight excluding hydrogens is 557 g/mol. The number of alkyl halides is 1. The molecule has 3 aromatic carbocycles. The first-order chi connectivity index (χ1) is 20.6. The van der Waals surface area contributed by atoms with Gasteiger partial charge in [0.25, 0.3) is 0 Å². The molecule has 43 heavy (non-hydrogen) atoms. The maximum Gasteiger partial charge on any atom is 0.335 e. The second kappa shape index (κ2) is 12.0. The fourth-order valence-corrected chi connectivity index (χ4v) is 4.68. The monoisotopic (exact) mass is 584 g/mol. The minimum Gasteiger partial charge on any atom is -0.478 e. The molecule has 0 saturated carbocycles. The van der Waals surface area contributed by atoms with Crippen LogP contribution < -0.4 is 4.74 Å². The standard InChI is InChI=1S/C33H27F3N4O3/c1-33(2,18-34)19-40-29-15-22(32(41)42)9-11-28(29)38-30(40)14-20-7-10-24(26(36)12-20)27-4-3-5-31(39-27)43-17-23-8-6-21(16-37)13-25(23)35/h3-13,15H,14,17-19H2,1-2H3,(H,41,42). The van der Waals surface area contributed by atoms with Gasteiger partial charge in [0, 0.05) is 35.6 Å². The minimum absolute atomic E-state index is 0.0920. The highest BCUT2D eigenvalue weighted by Gasteiger charge is 2.23. The Morgan fingerprint density at radius 2 is 1.84 bits per heavy atom. The number of fused-ring (bicyclic) bond motifs is 1. The number of halogens is 3. The van der Waals surface area contributed by atoms with Crippen molar-refractivity contribution in [3.05, 3.63) is 113 Å². The van der Waals surface area contributed by atoms with Gasteiger partial charge in [-0.2, -0.15) is 5.26 Å². The number of carboxylic acid groups (broad SMARTS) is 1. The van der Waals surface area contributed by atoms with E-state index < -0.39 is 29.7 Å². The van der Waals surface area contributed by atoms with Crippen LogP contribution in [0.3, 0.4) is 0 Å². The Bertz CT molecular complexity index is 1880. The highest BCUT2D eigenvalue weighted by molar-refractivity contribution is 5.92. The summed E-state index contributed by atoms with van der Waals surface area (Å²) in [4.78, 5) is 20.6. The fraction of sp³-hybridized carbons (Fsp3) is 0.212. The van der Waals surface area contributed by atoms with Crippen molar-refractivity contribution in [1.29, 1.82) is 5.26 Å². The topological polar surface area (TPSA) is 101 Å². The van der Waals surface area contributed by atoms with Crippen molar-refractivity contribution in [2.45, 2.75) is 33.4 Å². The van der Waals surface area contributed by atoms with Crippen molar-refractivity contribution >= 4 is 17.0 Å². The van der Waals surface area contributed by atoms with Gasteiger partial charge >= 0.3 is 5.97 Å². The molecule has 2 aromatic heterocycles. The number of pyridine rings is 1. The number of carbonyl (C=O) groups is 1. The molecule has 0 amide bonds. The highest BCUT2D eigenvalue weighted by Crippen LogP contribution is 2.29. The van der Waals surface area contributed by atoms with Crippen molar-refractivity contribution in [2.24, 2.45) is 5.41 Å². The van der Waals surface area contributed by atoms with Crippen molar-refractivity contribution in [3.8, 4) is 23.2 Å². The van der Waals surface area contributed by atoms with Crippen LogP contribution >= 0.6 is 0 Å². The number of benzene rings is 3. The Balaban J connectivity index is 1.39. The average Bonchev–Trinajstić information content (AvgIpc) is 3.31. The number of aromatic carboxylic acids is 1. The zero-order chi connectivity index (χ0) is 30.7. The Kier molecular flexibility index (Phi) is 8.17. The van der Waals surface area contributed by atoms with Gasteiger partial charge in [0.2, 0.25) is 5.88 Å². The SMILES string of the molecule is CC(C)(CF)Cn1c(Cc2ccc(-c3cccc(OCc4ccc(C#N)cc4F)n3)c(F)c2)nc2ccc(C(=O)O)cc21. The molecule has 0 saturated heterocycles. The second-order valence-electron chi connectivity index (χ2n) is 11.0. The Morgan fingerprint density at radius 3 is 2.53 bits per heavy atom. The predicted molar refractivity (Wildman–Crippen MR) is 154 cm³/mol. The second-order valence-corrected chi connectivity index (χ2v) is 11.0. The number of aromatic nitrogens is 3. The van der Waals surface area contributed by atoms with Gasteiger partial charge in [0.05, 0.1) is 40.6 Å². The maximum absolute atomic E-state index is 15.4. The number of imidazole rings is 1. The zero-order valence-corrected chi connectivity index (χ0v) is 23.4. The number of nitriles is 1. The van der Waals surface area contributed by atoms with Crippen molar-refractivity contribution in [2.75, 3.05) is 6.67 Å². The van der Waals surface area contributed by atoms with E-state index in [0.717, 1.165) is 6.07 Å². The fourth-order valence-electron chi connectivity index (χ4n) is 4.68. The van der Waals surface area contributed by atoms with Gasteiger partial charge in [0.15, 0.2) is 0 Å². The van der Waals surface area contributed by atoms with Crippen LogP contribution in [0, 0.1) is 28.4 Å². The van der Waals surface area contributed by atoms with Crippen molar-refractivity contribution < 1.29 is 27.8 Å². The van der Waals surface area contributed by atoms with Crippen LogP contribution in [-0.4, -0.2) is 32.3 Å². The number of rotatable bonds is 10. The lowest BCUT2D eigenvalue weighted by molar-refractivity contribution is 0.0697. The number of carboxylic acids is 1. The number of hydrogen-bond acceptors (Lipinski definition) is 5. The molecule has 0 aliphatic rings. The molecular formula is C33H27F3N4O3. The van der Waals surface area contributed by atoms with Crippen LogP contribution in [0.2, 0.25) is 0 Å². The minimum atomic E-state index is -1.08. The molecule has 0 atom stereocenters. The molecule has 7 nitrogen and oxygen atoms in total. The lowest BCUT2D eigenvalue weighted by Crippen LogP contribution is -2.23. The molecule has 0 unspecified atom stereocenters. The van der Waals surface area contributed by atoms with E-state index in [0.29, 0.717) is 28.1 Å². The molecule has 1 N–H and O–H groups in total. The van der Waals surface area contributed by atoms with E-state index in [9.17, 15) is 18.7 Å². The van der Waals surface area contributed by atoms with Crippen LogP contribution in [0.1, 0.15) is 46.7 Å². The van der Waals surface area contributed by atoms with E-state index in [2.05, 4.69) is 9.97 Å². The Morgan fingerprint density at radius 1 is 1.02 bits per heavy atom. The third-order valence-corrected chi connectivity index (χ3v) is 6.98. The van der Waals surface area contributed by atoms with Crippen LogP contribution in [0.5, 0.6) is 5.88 Å². The molecule has 0 spiro atoms. The summed E-state index contributed by atoms with van der Waals surface area (Å²) in [6, 6.07) is 20.1. The first-order valence-electron chi connectivity index (χ1n) is 13.4. The van der Waals surface area contributed by atoms with Gasteiger partial charge < -0.3 is 14.4 Å². The number of hydrogen-bond donors (Lipinski definition) is 1. The molecule has 218 valence electrons. The van der Waals surface area contributed by atoms with E-state index in [4.69, 9.17) is 10.00 Å². The van der Waals surface area contributed by atoms with Crippen LogP contribution in [-0.2, 0) is 19.6 Å². The highest BCUT2D eigenvalue weighted by atomic mass is 19.1. The smallest absolute Gasteiger partial charge is 0.335 e. The predicted octanol–water partition coefficient (Wildman–Crippen LogP) is 7.11. The summed E-state index contributed by atoms with van der Waals surface area (Å²) < 4.78 is 50.8.